The van der Waals surface area contributed by atoms with Gasteiger partial charge in [-0.15, -0.1) is 0 Å². The molecule has 0 fully saturated rings. The van der Waals surface area contributed by atoms with Crippen LogP contribution in [0.1, 0.15) is 30.0 Å². The Morgan fingerprint density at radius 3 is 2.32 bits per heavy atom. The third-order valence-electron chi connectivity index (χ3n) is 4.85. The van der Waals surface area contributed by atoms with Gasteiger partial charge in [0.05, 0.1) is 13.2 Å². The maximum absolute atomic E-state index is 12.6. The largest absolute Gasteiger partial charge is 0.461 e. The highest BCUT2D eigenvalue weighted by Gasteiger charge is 2.26. The highest BCUT2D eigenvalue weighted by molar-refractivity contribution is 6.01. The van der Waals surface area contributed by atoms with Crippen LogP contribution in [-0.2, 0) is 18.2 Å². The zero-order valence-electron chi connectivity index (χ0n) is 16.3. The number of benzene rings is 2. The van der Waals surface area contributed by atoms with Crippen molar-refractivity contribution in [3.63, 3.8) is 0 Å². The summed E-state index contributed by atoms with van der Waals surface area (Å²) >= 11 is 0. The maximum Gasteiger partial charge on any atom is 0.354 e. The Bertz CT molecular complexity index is 1060. The highest BCUT2D eigenvalue weighted by Crippen LogP contribution is 2.40. The standard InChI is InChI=1S/C23H23N3O2/c1-5-19-21(25-3)20(22(26(19)4)23(27)28-6-2)16-13-11-15(12-14-16)17-9-7-8-10-18(17)24/h7-14H,5-6,24H2,1-2,4H3. The number of hydrogen-bond donors (Lipinski definition) is 1. The van der Waals surface area contributed by atoms with E-state index in [0.29, 0.717) is 29.1 Å². The summed E-state index contributed by atoms with van der Waals surface area (Å²) < 4.78 is 7.04. The lowest BCUT2D eigenvalue weighted by Gasteiger charge is -2.10. The first-order valence-electron chi connectivity index (χ1n) is 9.24. The summed E-state index contributed by atoms with van der Waals surface area (Å²) in [6.07, 6.45) is 0.652. The average Bonchev–Trinajstić information content (AvgIpc) is 3.00. The third-order valence-corrected chi connectivity index (χ3v) is 4.85. The minimum absolute atomic E-state index is 0.282. The van der Waals surface area contributed by atoms with Gasteiger partial charge in [0.1, 0.15) is 5.69 Å². The number of nitrogens with two attached hydrogens (primary N) is 1. The van der Waals surface area contributed by atoms with Crippen molar-refractivity contribution >= 4 is 17.3 Å². The molecule has 0 bridgehead atoms. The number of nitrogens with zero attached hydrogens (tertiary/aromatic N) is 2. The van der Waals surface area contributed by atoms with E-state index in [1.54, 1.807) is 11.5 Å². The van der Waals surface area contributed by atoms with Gasteiger partial charge >= 0.3 is 5.97 Å². The van der Waals surface area contributed by atoms with Gasteiger partial charge in [0.15, 0.2) is 0 Å². The molecular formula is C23H23N3O2. The van der Waals surface area contributed by atoms with Crippen molar-refractivity contribution in [1.29, 1.82) is 0 Å². The average molecular weight is 373 g/mol. The maximum atomic E-state index is 12.6. The summed E-state index contributed by atoms with van der Waals surface area (Å²) in [4.78, 5) is 16.4. The van der Waals surface area contributed by atoms with Crippen LogP contribution in [0.2, 0.25) is 0 Å². The molecule has 0 radical (unpaired) electrons. The fourth-order valence-electron chi connectivity index (χ4n) is 3.53. The van der Waals surface area contributed by atoms with Gasteiger partial charge in [-0.05, 0) is 30.5 Å². The fourth-order valence-corrected chi connectivity index (χ4v) is 3.53. The second kappa shape index (κ2) is 8.01. The zero-order chi connectivity index (χ0) is 20.3. The van der Waals surface area contributed by atoms with E-state index in [4.69, 9.17) is 17.0 Å². The number of carbonyl (C=O) groups excluding carboxylic acids is 1. The van der Waals surface area contributed by atoms with Crippen LogP contribution < -0.4 is 5.73 Å². The first-order chi connectivity index (χ1) is 13.5. The number of hydrogen-bond acceptors (Lipinski definition) is 3. The Balaban J connectivity index is 2.17. The van der Waals surface area contributed by atoms with Crippen molar-refractivity contribution in [2.75, 3.05) is 12.3 Å². The number of anilines is 1. The molecule has 0 saturated heterocycles. The van der Waals surface area contributed by atoms with Crippen LogP contribution in [0.4, 0.5) is 11.4 Å². The van der Waals surface area contributed by atoms with Crippen LogP contribution in [0.5, 0.6) is 0 Å². The molecule has 2 aromatic carbocycles. The molecule has 0 aliphatic rings. The monoisotopic (exact) mass is 373 g/mol. The SMILES string of the molecule is [C-]#[N+]c1c(-c2ccc(-c3ccccc3N)cc2)c(C(=O)OCC)n(C)c1CC. The van der Waals surface area contributed by atoms with Crippen molar-refractivity contribution in [2.45, 2.75) is 20.3 Å². The van der Waals surface area contributed by atoms with E-state index in [0.717, 1.165) is 22.4 Å². The second-order valence-corrected chi connectivity index (χ2v) is 6.43. The molecule has 2 N–H and O–H groups in total. The normalized spacial score (nSPS) is 10.5. The quantitative estimate of drug-likeness (QED) is 0.378. The Labute approximate surface area is 165 Å². The van der Waals surface area contributed by atoms with Crippen molar-refractivity contribution in [3.8, 4) is 22.3 Å². The van der Waals surface area contributed by atoms with Crippen molar-refractivity contribution in [2.24, 2.45) is 7.05 Å². The van der Waals surface area contributed by atoms with Crippen molar-refractivity contribution in [3.05, 3.63) is 71.3 Å². The predicted octanol–water partition coefficient (Wildman–Crippen LogP) is 5.23. The lowest BCUT2D eigenvalue weighted by molar-refractivity contribution is 0.0516. The summed E-state index contributed by atoms with van der Waals surface area (Å²) in [5.41, 5.74) is 11.9. The van der Waals surface area contributed by atoms with Gasteiger partial charge < -0.3 is 15.0 Å². The topological polar surface area (TPSA) is 61.6 Å². The van der Waals surface area contributed by atoms with E-state index in [1.165, 1.54) is 0 Å². The predicted molar refractivity (Wildman–Crippen MR) is 112 cm³/mol. The molecule has 0 spiro atoms. The number of aromatic nitrogens is 1. The molecular weight excluding hydrogens is 350 g/mol. The molecule has 0 aliphatic carbocycles. The second-order valence-electron chi connectivity index (χ2n) is 6.43. The van der Waals surface area contributed by atoms with Crippen LogP contribution in [0.15, 0.2) is 48.5 Å². The highest BCUT2D eigenvalue weighted by atomic mass is 16.5. The Morgan fingerprint density at radius 1 is 1.11 bits per heavy atom. The van der Waals surface area contributed by atoms with Gasteiger partial charge in [-0.1, -0.05) is 49.4 Å². The molecule has 142 valence electrons. The molecule has 5 heteroatoms. The number of para-hydroxylation sites is 1. The number of esters is 1. The van der Waals surface area contributed by atoms with E-state index < -0.39 is 5.97 Å². The summed E-state index contributed by atoms with van der Waals surface area (Å²) in [7, 11) is 1.81. The first kappa shape index (κ1) is 19.2. The van der Waals surface area contributed by atoms with Gasteiger partial charge in [0, 0.05) is 29.6 Å². The van der Waals surface area contributed by atoms with Crippen molar-refractivity contribution < 1.29 is 9.53 Å². The van der Waals surface area contributed by atoms with Crippen LogP contribution >= 0.6 is 0 Å². The number of carbonyl (C=O) groups is 1. The minimum atomic E-state index is -0.416. The minimum Gasteiger partial charge on any atom is -0.461 e. The van der Waals surface area contributed by atoms with E-state index in [2.05, 4.69) is 4.85 Å². The number of nitrogen functional groups attached to an aromatic ring is 1. The molecule has 1 aromatic heterocycles. The fraction of sp³-hybridized carbons (Fsp3) is 0.217. The van der Waals surface area contributed by atoms with Crippen LogP contribution in [-0.4, -0.2) is 17.1 Å². The summed E-state index contributed by atoms with van der Waals surface area (Å²) in [5, 5.41) is 0. The molecule has 0 amide bonds. The summed E-state index contributed by atoms with van der Waals surface area (Å²) in [6.45, 7) is 11.7. The smallest absolute Gasteiger partial charge is 0.354 e. The van der Waals surface area contributed by atoms with E-state index in [-0.39, 0.29) is 6.61 Å². The molecule has 0 aliphatic heterocycles. The molecule has 0 unspecified atom stereocenters. The molecule has 3 aromatic rings. The molecule has 1 heterocycles. The zero-order valence-corrected chi connectivity index (χ0v) is 16.3. The van der Waals surface area contributed by atoms with Gasteiger partial charge in [0.25, 0.3) is 0 Å². The molecule has 3 rings (SSSR count). The van der Waals surface area contributed by atoms with Crippen LogP contribution in [0, 0.1) is 6.57 Å². The third kappa shape index (κ3) is 3.25. The lowest BCUT2D eigenvalue weighted by atomic mass is 9.98. The molecule has 0 atom stereocenters. The Morgan fingerprint density at radius 2 is 1.75 bits per heavy atom. The van der Waals surface area contributed by atoms with Crippen LogP contribution in [0.25, 0.3) is 27.1 Å². The van der Waals surface area contributed by atoms with E-state index in [9.17, 15) is 4.79 Å². The summed E-state index contributed by atoms with van der Waals surface area (Å²) in [5.74, 6) is -0.416. The van der Waals surface area contributed by atoms with Crippen LogP contribution in [0.3, 0.4) is 0 Å². The molecule has 28 heavy (non-hydrogen) atoms. The Hall–Kier alpha value is -3.52. The van der Waals surface area contributed by atoms with Gasteiger partial charge in [0.2, 0.25) is 5.69 Å². The number of rotatable bonds is 5. The van der Waals surface area contributed by atoms with E-state index >= 15 is 0 Å². The molecule has 5 nitrogen and oxygen atoms in total. The number of ether oxygens (including phenoxy) is 1. The molecule has 0 saturated carbocycles. The van der Waals surface area contributed by atoms with E-state index in [1.807, 2.05) is 62.5 Å². The summed E-state index contributed by atoms with van der Waals surface area (Å²) in [6, 6.07) is 15.4. The van der Waals surface area contributed by atoms with Crippen molar-refractivity contribution in [1.82, 2.24) is 4.57 Å². The first-order valence-corrected chi connectivity index (χ1v) is 9.24. The van der Waals surface area contributed by atoms with Gasteiger partial charge in [-0.3, -0.25) is 0 Å². The van der Waals surface area contributed by atoms with Gasteiger partial charge in [-0.2, -0.15) is 0 Å². The van der Waals surface area contributed by atoms with Gasteiger partial charge in [-0.25, -0.2) is 9.64 Å². The lowest BCUT2D eigenvalue weighted by Crippen LogP contribution is -2.12. The Kier molecular flexibility index (Phi) is 5.51.